The molecule has 1 saturated heterocycles. The number of hydrogen-bond acceptors (Lipinski definition) is 5. The Balaban J connectivity index is 1.76. The molecule has 0 spiro atoms. The average Bonchev–Trinajstić information content (AvgIpc) is 3.22. The molecule has 0 atom stereocenters. The first-order chi connectivity index (χ1) is 13.0. The number of nitrogens with one attached hydrogen (secondary N) is 1. The van der Waals surface area contributed by atoms with Gasteiger partial charge in [0.1, 0.15) is 16.3 Å². The van der Waals surface area contributed by atoms with E-state index in [0.29, 0.717) is 12.8 Å². The molecule has 0 saturated carbocycles. The number of thiazole rings is 1. The predicted octanol–water partition coefficient (Wildman–Crippen LogP) is 4.21. The van der Waals surface area contributed by atoms with Crippen molar-refractivity contribution < 1.29 is 14.3 Å². The maximum atomic E-state index is 13.0. The van der Waals surface area contributed by atoms with Crippen LogP contribution in [0.25, 0.3) is 10.6 Å². The van der Waals surface area contributed by atoms with Crippen molar-refractivity contribution in [1.82, 2.24) is 15.2 Å². The number of urea groups is 1. The van der Waals surface area contributed by atoms with E-state index in [1.165, 1.54) is 16.2 Å². The summed E-state index contributed by atoms with van der Waals surface area (Å²) in [6, 6.07) is 7.35. The molecule has 1 aromatic carbocycles. The number of hydrogen-bond donors (Lipinski definition) is 1. The molecule has 0 unspecified atom stereocenters. The summed E-state index contributed by atoms with van der Waals surface area (Å²) in [6.45, 7) is 4.26. The number of carbonyl (C=O) groups excluding carboxylic acids is 2. The van der Waals surface area contributed by atoms with Crippen molar-refractivity contribution in [1.29, 1.82) is 0 Å². The third-order valence-corrected chi connectivity index (χ3v) is 5.75. The molecule has 1 aliphatic heterocycles. The van der Waals surface area contributed by atoms with Gasteiger partial charge in [0.25, 0.3) is 5.91 Å². The van der Waals surface area contributed by atoms with Crippen molar-refractivity contribution in [3.8, 4) is 16.3 Å². The van der Waals surface area contributed by atoms with Gasteiger partial charge >= 0.3 is 6.03 Å². The predicted molar refractivity (Wildman–Crippen MR) is 106 cm³/mol. The number of benzene rings is 1. The Morgan fingerprint density at radius 1 is 1.15 bits per heavy atom. The number of imide groups is 1. The minimum atomic E-state index is -0.755. The summed E-state index contributed by atoms with van der Waals surface area (Å²) in [5, 5.41) is 5.70. The fourth-order valence-electron chi connectivity index (χ4n) is 3.55. The Kier molecular flexibility index (Phi) is 5.79. The normalized spacial score (nSPS) is 15.9. The fourth-order valence-corrected chi connectivity index (χ4v) is 4.36. The van der Waals surface area contributed by atoms with Gasteiger partial charge in [-0.3, -0.25) is 9.69 Å². The summed E-state index contributed by atoms with van der Waals surface area (Å²) >= 11 is 1.50. The monoisotopic (exact) mass is 387 g/mol. The van der Waals surface area contributed by atoms with Crippen LogP contribution in [0, 0.1) is 0 Å². The molecule has 0 radical (unpaired) electrons. The van der Waals surface area contributed by atoms with E-state index in [4.69, 9.17) is 4.74 Å². The average molecular weight is 388 g/mol. The summed E-state index contributed by atoms with van der Waals surface area (Å²) in [4.78, 5) is 31.3. The molecule has 1 N–H and O–H groups in total. The molecule has 6 nitrogen and oxygen atoms in total. The van der Waals surface area contributed by atoms with Crippen LogP contribution < -0.4 is 10.1 Å². The zero-order valence-corrected chi connectivity index (χ0v) is 16.8. The maximum absolute atomic E-state index is 13.0. The molecule has 1 aromatic heterocycles. The van der Waals surface area contributed by atoms with E-state index >= 15 is 0 Å². The Hall–Kier alpha value is -2.41. The number of methoxy groups -OCH3 is 1. The first kappa shape index (κ1) is 19.4. The molecular formula is C20H25N3O3S. The molecule has 7 heteroatoms. The zero-order chi connectivity index (χ0) is 19.4. The van der Waals surface area contributed by atoms with E-state index in [2.05, 4.69) is 10.3 Å². The zero-order valence-electron chi connectivity index (χ0n) is 15.9. The van der Waals surface area contributed by atoms with Crippen LogP contribution in [0.3, 0.4) is 0 Å². The minimum absolute atomic E-state index is 0.129. The number of aromatic nitrogens is 1. The molecule has 3 rings (SSSR count). The topological polar surface area (TPSA) is 71.5 Å². The molecule has 0 bridgehead atoms. The van der Waals surface area contributed by atoms with Gasteiger partial charge in [-0.25, -0.2) is 9.78 Å². The maximum Gasteiger partial charge on any atom is 0.325 e. The molecule has 144 valence electrons. The first-order valence-corrected chi connectivity index (χ1v) is 10.1. The standard InChI is InChI=1S/C20H25N3O3S/c1-4-10-20(11-5-2)18(24)23(19(25)22-20)12-15-13-27-17(21-15)14-6-8-16(26-3)9-7-14/h6-9,13H,4-5,10-12H2,1-3H3,(H,22,25). The van der Waals surface area contributed by atoms with Crippen LogP contribution in [0.1, 0.15) is 45.2 Å². The molecule has 1 aliphatic rings. The second kappa shape index (κ2) is 8.08. The number of ether oxygens (including phenoxy) is 1. The van der Waals surface area contributed by atoms with Gasteiger partial charge in [-0.05, 0) is 37.1 Å². The van der Waals surface area contributed by atoms with E-state index in [1.807, 2.05) is 43.5 Å². The molecule has 3 amide bonds. The van der Waals surface area contributed by atoms with Gasteiger partial charge in [0.05, 0.1) is 19.3 Å². The van der Waals surface area contributed by atoms with Crippen LogP contribution in [0.15, 0.2) is 29.6 Å². The van der Waals surface area contributed by atoms with Crippen LogP contribution in [0.2, 0.25) is 0 Å². The fraction of sp³-hybridized carbons (Fsp3) is 0.450. The summed E-state index contributed by atoms with van der Waals surface area (Å²) in [5.74, 6) is 0.660. The van der Waals surface area contributed by atoms with Crippen LogP contribution in [-0.4, -0.2) is 34.5 Å². The Morgan fingerprint density at radius 2 is 1.81 bits per heavy atom. The van der Waals surface area contributed by atoms with E-state index < -0.39 is 5.54 Å². The molecule has 1 fully saturated rings. The highest BCUT2D eigenvalue weighted by molar-refractivity contribution is 7.13. The highest BCUT2D eigenvalue weighted by atomic mass is 32.1. The third-order valence-electron chi connectivity index (χ3n) is 4.81. The van der Waals surface area contributed by atoms with Crippen molar-refractivity contribution in [2.45, 2.75) is 51.6 Å². The lowest BCUT2D eigenvalue weighted by atomic mass is 9.88. The smallest absolute Gasteiger partial charge is 0.325 e. The third kappa shape index (κ3) is 3.83. The lowest BCUT2D eigenvalue weighted by Gasteiger charge is -2.25. The largest absolute Gasteiger partial charge is 0.497 e. The minimum Gasteiger partial charge on any atom is -0.497 e. The van der Waals surface area contributed by atoms with Crippen LogP contribution >= 0.6 is 11.3 Å². The number of nitrogens with zero attached hydrogens (tertiary/aromatic N) is 2. The number of amides is 3. The summed E-state index contributed by atoms with van der Waals surface area (Å²) in [5.41, 5.74) is 0.948. The van der Waals surface area contributed by atoms with Gasteiger partial charge in [0.2, 0.25) is 0 Å². The second-order valence-corrected chi connectivity index (χ2v) is 7.63. The van der Waals surface area contributed by atoms with E-state index in [9.17, 15) is 9.59 Å². The summed E-state index contributed by atoms with van der Waals surface area (Å²) < 4.78 is 5.18. The van der Waals surface area contributed by atoms with Gasteiger partial charge in [-0.2, -0.15) is 0 Å². The van der Waals surface area contributed by atoms with Crippen molar-refractivity contribution in [3.63, 3.8) is 0 Å². The van der Waals surface area contributed by atoms with Crippen molar-refractivity contribution in [2.24, 2.45) is 0 Å². The molecular weight excluding hydrogens is 362 g/mol. The van der Waals surface area contributed by atoms with Crippen molar-refractivity contribution in [3.05, 3.63) is 35.3 Å². The molecule has 0 aliphatic carbocycles. The first-order valence-electron chi connectivity index (χ1n) is 9.26. The summed E-state index contributed by atoms with van der Waals surface area (Å²) in [6.07, 6.45) is 3.02. The van der Waals surface area contributed by atoms with E-state index in [-0.39, 0.29) is 18.5 Å². The van der Waals surface area contributed by atoms with E-state index in [1.54, 1.807) is 7.11 Å². The Bertz CT molecular complexity index is 810. The van der Waals surface area contributed by atoms with Gasteiger partial charge < -0.3 is 10.1 Å². The summed E-state index contributed by atoms with van der Waals surface area (Å²) in [7, 11) is 1.63. The SMILES string of the molecule is CCCC1(CCC)NC(=O)N(Cc2csc(-c3ccc(OC)cc3)n2)C1=O. The van der Waals surface area contributed by atoms with Gasteiger partial charge in [0.15, 0.2) is 0 Å². The molecule has 2 aromatic rings. The Labute approximate surface area is 163 Å². The van der Waals surface area contributed by atoms with Gasteiger partial charge in [-0.15, -0.1) is 11.3 Å². The highest BCUT2D eigenvalue weighted by Crippen LogP contribution is 2.30. The highest BCUT2D eigenvalue weighted by Gasteiger charge is 2.49. The molecule has 27 heavy (non-hydrogen) atoms. The Morgan fingerprint density at radius 3 is 2.41 bits per heavy atom. The van der Waals surface area contributed by atoms with Crippen molar-refractivity contribution in [2.75, 3.05) is 7.11 Å². The number of rotatable bonds is 8. The molecule has 2 heterocycles. The lowest BCUT2D eigenvalue weighted by molar-refractivity contribution is -0.132. The second-order valence-electron chi connectivity index (χ2n) is 6.78. The van der Waals surface area contributed by atoms with Gasteiger partial charge in [0, 0.05) is 10.9 Å². The van der Waals surface area contributed by atoms with Gasteiger partial charge in [-0.1, -0.05) is 26.7 Å². The van der Waals surface area contributed by atoms with E-state index in [0.717, 1.165) is 34.9 Å². The lowest BCUT2D eigenvalue weighted by Crippen LogP contribution is -2.46. The quantitative estimate of drug-likeness (QED) is 0.689. The van der Waals surface area contributed by atoms with Crippen molar-refractivity contribution >= 4 is 23.3 Å². The van der Waals surface area contributed by atoms with Crippen LogP contribution in [0.5, 0.6) is 5.75 Å². The van der Waals surface area contributed by atoms with Crippen LogP contribution in [0.4, 0.5) is 4.79 Å². The van der Waals surface area contributed by atoms with Crippen LogP contribution in [-0.2, 0) is 11.3 Å². The number of carbonyl (C=O) groups is 2.